The number of allylic oxidation sites excluding steroid dienone is 1. The van der Waals surface area contributed by atoms with Gasteiger partial charge < -0.3 is 0 Å². The first-order valence-corrected chi connectivity index (χ1v) is 5.96. The molecule has 74 valence electrons. The zero-order valence-corrected chi connectivity index (χ0v) is 9.03. The lowest BCUT2D eigenvalue weighted by Crippen LogP contribution is -1.98. The number of aryl methyl sites for hydroxylation is 1. The van der Waals surface area contributed by atoms with Crippen LogP contribution in [0.5, 0.6) is 0 Å². The molecule has 0 spiro atoms. The van der Waals surface area contributed by atoms with Gasteiger partial charge in [-0.15, -0.1) is 0 Å². The Morgan fingerprint density at radius 2 is 2.21 bits per heavy atom. The molecule has 0 radical (unpaired) electrons. The second-order valence-electron chi connectivity index (χ2n) is 3.54. The molecule has 0 fully saturated rings. The Morgan fingerprint density at radius 1 is 1.36 bits per heavy atom. The van der Waals surface area contributed by atoms with Gasteiger partial charge in [-0.25, -0.2) is 4.39 Å². The van der Waals surface area contributed by atoms with Crippen molar-refractivity contribution >= 4 is 17.3 Å². The molecule has 1 aliphatic heterocycles. The number of rotatable bonds is 1. The molecule has 2 heteroatoms. The third kappa shape index (κ3) is 2.01. The average molecular weight is 208 g/mol. The number of halogens is 1. The number of thioether (sulfide) groups is 1. The second-order valence-corrected chi connectivity index (χ2v) is 4.69. The minimum Gasteiger partial charge on any atom is -0.206 e. The normalized spacial score (nSPS) is 16.6. The lowest BCUT2D eigenvalue weighted by Gasteiger charge is -2.13. The van der Waals surface area contributed by atoms with Gasteiger partial charge in [-0.3, -0.25) is 0 Å². The molecule has 1 aromatic carbocycles. The highest BCUT2D eigenvalue weighted by Crippen LogP contribution is 2.27. The quantitative estimate of drug-likeness (QED) is 0.678. The predicted octanol–water partition coefficient (Wildman–Crippen LogP) is 3.65. The van der Waals surface area contributed by atoms with Gasteiger partial charge in [-0.1, -0.05) is 18.2 Å². The second kappa shape index (κ2) is 4.18. The summed E-state index contributed by atoms with van der Waals surface area (Å²) in [5, 5.41) is 0. The molecule has 0 saturated heterocycles. The van der Waals surface area contributed by atoms with E-state index >= 15 is 0 Å². The van der Waals surface area contributed by atoms with Crippen molar-refractivity contribution in [3.05, 3.63) is 41.2 Å². The van der Waals surface area contributed by atoms with E-state index < -0.39 is 0 Å². The molecule has 2 rings (SSSR count). The van der Waals surface area contributed by atoms with Crippen LogP contribution in [0.15, 0.2) is 24.3 Å². The van der Waals surface area contributed by atoms with E-state index in [0.29, 0.717) is 0 Å². The first-order valence-electron chi connectivity index (χ1n) is 4.80. The minimum absolute atomic E-state index is 0.0804. The fourth-order valence-electron chi connectivity index (χ4n) is 1.65. The third-order valence-corrected chi connectivity index (χ3v) is 3.33. The zero-order valence-electron chi connectivity index (χ0n) is 8.22. The molecule has 0 amide bonds. The van der Waals surface area contributed by atoms with Crippen LogP contribution >= 0.6 is 11.8 Å². The van der Waals surface area contributed by atoms with Crippen LogP contribution in [0, 0.1) is 12.7 Å². The number of hydrogen-bond donors (Lipinski definition) is 0. The highest BCUT2D eigenvalue weighted by molar-refractivity contribution is 7.99. The van der Waals surface area contributed by atoms with Crippen molar-refractivity contribution in [1.29, 1.82) is 0 Å². The van der Waals surface area contributed by atoms with E-state index in [0.717, 1.165) is 29.1 Å². The van der Waals surface area contributed by atoms with E-state index in [1.807, 2.05) is 30.8 Å². The van der Waals surface area contributed by atoms with Crippen LogP contribution in [-0.4, -0.2) is 11.5 Å². The minimum atomic E-state index is -0.0804. The summed E-state index contributed by atoms with van der Waals surface area (Å²) in [4.78, 5) is 0. The Hall–Kier alpha value is -0.760. The lowest BCUT2D eigenvalue weighted by atomic mass is 10.0. The van der Waals surface area contributed by atoms with E-state index in [9.17, 15) is 4.39 Å². The number of benzene rings is 1. The maximum absolute atomic E-state index is 13.6. The standard InChI is InChI=1S/C12H13FS/c1-9-2-3-11(12(13)8-9)10-4-6-14-7-5-10/h2-4,8H,5-7H2,1H3. The first kappa shape index (κ1) is 9.78. The van der Waals surface area contributed by atoms with Crippen LogP contribution < -0.4 is 0 Å². The maximum atomic E-state index is 13.6. The van der Waals surface area contributed by atoms with Crippen molar-refractivity contribution in [2.45, 2.75) is 13.3 Å². The molecule has 1 aromatic rings. The summed E-state index contributed by atoms with van der Waals surface area (Å²) in [6.45, 7) is 1.91. The summed E-state index contributed by atoms with van der Waals surface area (Å²) in [7, 11) is 0. The summed E-state index contributed by atoms with van der Waals surface area (Å²) < 4.78 is 13.6. The highest BCUT2D eigenvalue weighted by atomic mass is 32.2. The largest absolute Gasteiger partial charge is 0.206 e. The van der Waals surface area contributed by atoms with E-state index in [-0.39, 0.29) is 5.82 Å². The van der Waals surface area contributed by atoms with Gasteiger partial charge >= 0.3 is 0 Å². The van der Waals surface area contributed by atoms with Crippen molar-refractivity contribution in [2.75, 3.05) is 11.5 Å². The van der Waals surface area contributed by atoms with Crippen LogP contribution in [0.1, 0.15) is 17.5 Å². The fourth-order valence-corrected chi connectivity index (χ4v) is 2.50. The molecule has 0 nitrogen and oxygen atoms in total. The molecule has 0 saturated carbocycles. The topological polar surface area (TPSA) is 0 Å². The van der Waals surface area contributed by atoms with E-state index in [2.05, 4.69) is 6.08 Å². The third-order valence-electron chi connectivity index (χ3n) is 2.43. The van der Waals surface area contributed by atoms with Gasteiger partial charge in [0.15, 0.2) is 0 Å². The maximum Gasteiger partial charge on any atom is 0.130 e. The summed E-state index contributed by atoms with van der Waals surface area (Å²) in [6, 6.07) is 5.48. The van der Waals surface area contributed by atoms with Gasteiger partial charge in [0.05, 0.1) is 0 Å². The number of hydrogen-bond acceptors (Lipinski definition) is 1. The Kier molecular flexibility index (Phi) is 2.92. The molecule has 1 aliphatic rings. The molecule has 0 bridgehead atoms. The molecular weight excluding hydrogens is 195 g/mol. The van der Waals surface area contributed by atoms with Crippen molar-refractivity contribution in [3.63, 3.8) is 0 Å². The van der Waals surface area contributed by atoms with Crippen LogP contribution in [-0.2, 0) is 0 Å². The van der Waals surface area contributed by atoms with Crippen LogP contribution in [0.3, 0.4) is 0 Å². The Morgan fingerprint density at radius 3 is 2.86 bits per heavy atom. The summed E-state index contributed by atoms with van der Waals surface area (Å²) in [6.07, 6.45) is 3.13. The van der Waals surface area contributed by atoms with Gasteiger partial charge in [0, 0.05) is 11.3 Å². The molecule has 0 unspecified atom stereocenters. The molecule has 0 N–H and O–H groups in total. The Bertz CT molecular complexity index is 369. The van der Waals surface area contributed by atoms with Crippen molar-refractivity contribution in [2.24, 2.45) is 0 Å². The molecular formula is C12H13FS. The van der Waals surface area contributed by atoms with Gasteiger partial charge in [0.2, 0.25) is 0 Å². The molecule has 1 heterocycles. The van der Waals surface area contributed by atoms with Gasteiger partial charge in [0.1, 0.15) is 5.82 Å². The Balaban J connectivity index is 2.35. The van der Waals surface area contributed by atoms with E-state index in [4.69, 9.17) is 0 Å². The Labute approximate surface area is 88.2 Å². The van der Waals surface area contributed by atoms with Gasteiger partial charge in [-0.05, 0) is 36.3 Å². The first-order chi connectivity index (χ1) is 6.77. The van der Waals surface area contributed by atoms with Crippen LogP contribution in [0.4, 0.5) is 4.39 Å². The molecule has 0 aliphatic carbocycles. The van der Waals surface area contributed by atoms with Crippen molar-refractivity contribution in [3.8, 4) is 0 Å². The zero-order chi connectivity index (χ0) is 9.97. The summed E-state index contributed by atoms with van der Waals surface area (Å²) in [5.74, 6) is 2.05. The van der Waals surface area contributed by atoms with E-state index in [1.165, 1.54) is 5.57 Å². The monoisotopic (exact) mass is 208 g/mol. The average Bonchev–Trinajstić information content (AvgIpc) is 2.19. The van der Waals surface area contributed by atoms with Crippen molar-refractivity contribution < 1.29 is 4.39 Å². The molecule has 14 heavy (non-hydrogen) atoms. The van der Waals surface area contributed by atoms with Gasteiger partial charge in [-0.2, -0.15) is 11.8 Å². The van der Waals surface area contributed by atoms with Crippen LogP contribution in [0.25, 0.3) is 5.57 Å². The highest BCUT2D eigenvalue weighted by Gasteiger charge is 2.10. The molecule has 0 aromatic heterocycles. The SMILES string of the molecule is Cc1ccc(C2=CCSCC2)c(F)c1. The smallest absolute Gasteiger partial charge is 0.130 e. The summed E-state index contributed by atoms with van der Waals surface area (Å²) >= 11 is 1.90. The molecule has 0 atom stereocenters. The summed E-state index contributed by atoms with van der Waals surface area (Å²) in [5.41, 5.74) is 2.94. The van der Waals surface area contributed by atoms with Gasteiger partial charge in [0.25, 0.3) is 0 Å². The fraction of sp³-hybridized carbons (Fsp3) is 0.333. The van der Waals surface area contributed by atoms with Crippen molar-refractivity contribution in [1.82, 2.24) is 0 Å². The lowest BCUT2D eigenvalue weighted by molar-refractivity contribution is 0.622. The van der Waals surface area contributed by atoms with E-state index in [1.54, 1.807) is 6.07 Å². The van der Waals surface area contributed by atoms with Crippen LogP contribution in [0.2, 0.25) is 0 Å². The predicted molar refractivity (Wildman–Crippen MR) is 61.1 cm³/mol.